The van der Waals surface area contributed by atoms with Gasteiger partial charge in [-0.3, -0.25) is 9.36 Å². The second-order valence-electron chi connectivity index (χ2n) is 7.96. The summed E-state index contributed by atoms with van der Waals surface area (Å²) in [7, 11) is 0. The lowest BCUT2D eigenvalue weighted by Crippen LogP contribution is -2.21. The van der Waals surface area contributed by atoms with Gasteiger partial charge in [-0.25, -0.2) is 9.97 Å². The van der Waals surface area contributed by atoms with Crippen LogP contribution >= 0.6 is 23.1 Å². The van der Waals surface area contributed by atoms with Gasteiger partial charge < -0.3 is 4.40 Å². The number of benzene rings is 1. The van der Waals surface area contributed by atoms with Crippen molar-refractivity contribution >= 4 is 39.0 Å². The highest BCUT2D eigenvalue weighted by atomic mass is 32.2. The zero-order chi connectivity index (χ0) is 20.9. The molecule has 0 radical (unpaired) electrons. The van der Waals surface area contributed by atoms with Crippen LogP contribution in [0.4, 0.5) is 0 Å². The third kappa shape index (κ3) is 3.28. The predicted octanol–water partition coefficient (Wildman–Crippen LogP) is 5.57. The van der Waals surface area contributed by atoms with Gasteiger partial charge in [0.05, 0.1) is 16.8 Å². The number of pyridine rings is 1. The van der Waals surface area contributed by atoms with Crippen LogP contribution in [0.5, 0.6) is 0 Å². The molecule has 4 heterocycles. The van der Waals surface area contributed by atoms with Crippen LogP contribution in [-0.4, -0.2) is 18.9 Å². The zero-order valence-corrected chi connectivity index (χ0v) is 18.6. The van der Waals surface area contributed by atoms with E-state index in [0.717, 1.165) is 32.8 Å². The Kier molecular flexibility index (Phi) is 4.47. The predicted molar refractivity (Wildman–Crippen MR) is 127 cm³/mol. The van der Waals surface area contributed by atoms with Crippen molar-refractivity contribution in [3.8, 4) is 5.69 Å². The second kappa shape index (κ2) is 7.35. The molecular formula is C24H20N4OS2. The van der Waals surface area contributed by atoms with E-state index in [9.17, 15) is 4.79 Å². The second-order valence-corrected chi connectivity index (χ2v) is 9.76. The molecular weight excluding hydrogens is 424 g/mol. The van der Waals surface area contributed by atoms with Crippen LogP contribution in [0, 0.1) is 6.92 Å². The normalized spacial score (nSPS) is 14.0. The van der Waals surface area contributed by atoms with Gasteiger partial charge >= 0.3 is 0 Å². The van der Waals surface area contributed by atoms with E-state index >= 15 is 0 Å². The molecule has 0 atom stereocenters. The van der Waals surface area contributed by atoms with E-state index in [1.165, 1.54) is 18.4 Å². The number of thiophene rings is 1. The van der Waals surface area contributed by atoms with Gasteiger partial charge in [-0.2, -0.15) is 0 Å². The van der Waals surface area contributed by atoms with Crippen LogP contribution in [0.25, 0.3) is 21.6 Å². The first-order valence-corrected chi connectivity index (χ1v) is 12.2. The quantitative estimate of drug-likeness (QED) is 0.263. The maximum absolute atomic E-state index is 13.7. The molecule has 0 bridgehead atoms. The van der Waals surface area contributed by atoms with Crippen molar-refractivity contribution in [3.63, 3.8) is 0 Å². The minimum Gasteiger partial charge on any atom is -0.307 e. The monoisotopic (exact) mass is 444 g/mol. The summed E-state index contributed by atoms with van der Waals surface area (Å²) in [5.41, 5.74) is 5.14. The van der Waals surface area contributed by atoms with Gasteiger partial charge in [0.2, 0.25) is 0 Å². The fourth-order valence-corrected chi connectivity index (χ4v) is 5.96. The van der Waals surface area contributed by atoms with Crippen LogP contribution in [0.3, 0.4) is 0 Å². The van der Waals surface area contributed by atoms with Crippen LogP contribution in [0.1, 0.15) is 35.6 Å². The van der Waals surface area contributed by atoms with Crippen molar-refractivity contribution in [1.29, 1.82) is 0 Å². The van der Waals surface area contributed by atoms with Gasteiger partial charge in [0.25, 0.3) is 5.56 Å². The molecule has 6 rings (SSSR count). The van der Waals surface area contributed by atoms with E-state index in [4.69, 9.17) is 9.97 Å². The number of hydrogen-bond acceptors (Lipinski definition) is 5. The summed E-state index contributed by atoms with van der Waals surface area (Å²) >= 11 is 3.15. The zero-order valence-electron chi connectivity index (χ0n) is 17.0. The summed E-state index contributed by atoms with van der Waals surface area (Å²) < 4.78 is 3.82. The molecule has 7 heteroatoms. The number of aryl methyl sites for hydroxylation is 1. The summed E-state index contributed by atoms with van der Waals surface area (Å²) in [4.78, 5) is 24.2. The van der Waals surface area contributed by atoms with Crippen molar-refractivity contribution in [2.75, 3.05) is 0 Å². The first-order chi connectivity index (χ1) is 15.2. The van der Waals surface area contributed by atoms with E-state index in [0.29, 0.717) is 16.8 Å². The average Bonchev–Trinajstić information content (AvgIpc) is 3.39. The molecule has 1 aliphatic rings. The minimum atomic E-state index is 0.0349. The third-order valence-corrected chi connectivity index (χ3v) is 7.58. The van der Waals surface area contributed by atoms with Crippen LogP contribution in [0.2, 0.25) is 0 Å². The van der Waals surface area contributed by atoms with Crippen molar-refractivity contribution in [2.24, 2.45) is 0 Å². The fraction of sp³-hybridized carbons (Fsp3) is 0.208. The van der Waals surface area contributed by atoms with Gasteiger partial charge in [-0.05, 0) is 60.4 Å². The molecule has 31 heavy (non-hydrogen) atoms. The Morgan fingerprint density at radius 2 is 1.97 bits per heavy atom. The molecule has 5 aromatic rings. The van der Waals surface area contributed by atoms with Gasteiger partial charge in [-0.15, -0.1) is 11.3 Å². The lowest BCUT2D eigenvalue weighted by Gasteiger charge is -2.12. The van der Waals surface area contributed by atoms with Gasteiger partial charge in [0, 0.05) is 18.1 Å². The van der Waals surface area contributed by atoms with Gasteiger partial charge in [-0.1, -0.05) is 36.0 Å². The molecule has 0 amide bonds. The van der Waals surface area contributed by atoms with Crippen LogP contribution in [-0.2, 0) is 5.75 Å². The maximum atomic E-state index is 13.7. The van der Waals surface area contributed by atoms with Gasteiger partial charge in [0.15, 0.2) is 5.16 Å². The highest BCUT2D eigenvalue weighted by molar-refractivity contribution is 7.98. The molecule has 5 nitrogen and oxygen atoms in total. The highest BCUT2D eigenvalue weighted by Crippen LogP contribution is 2.44. The molecule has 1 aromatic carbocycles. The summed E-state index contributed by atoms with van der Waals surface area (Å²) in [6, 6.07) is 13.9. The van der Waals surface area contributed by atoms with Crippen molar-refractivity contribution in [2.45, 2.75) is 36.6 Å². The Bertz CT molecular complexity index is 1480. The molecule has 0 unspecified atom stereocenters. The molecule has 154 valence electrons. The first kappa shape index (κ1) is 18.8. The van der Waals surface area contributed by atoms with Crippen LogP contribution in [0.15, 0.2) is 70.2 Å². The Hall–Kier alpha value is -2.90. The SMILES string of the molecule is Cc1cccn2cc(CSc3nc4scc(C5CC5)c4c(=O)n3-c3ccccc3)nc12. The standard InChI is InChI=1S/C24H20N4OS2/c1-15-6-5-11-27-12-17(25-21(15)27)13-31-24-26-22-20(19(14-30-22)16-9-10-16)23(29)28(24)18-7-3-2-4-8-18/h2-8,11-12,14,16H,9-10,13H2,1H3. The highest BCUT2D eigenvalue weighted by Gasteiger charge is 2.29. The largest absolute Gasteiger partial charge is 0.307 e. The summed E-state index contributed by atoms with van der Waals surface area (Å²) in [5.74, 6) is 1.17. The number of rotatable bonds is 5. The number of hydrogen-bond donors (Lipinski definition) is 0. The lowest BCUT2D eigenvalue weighted by atomic mass is 10.1. The van der Waals surface area contributed by atoms with Gasteiger partial charge in [0.1, 0.15) is 10.5 Å². The first-order valence-electron chi connectivity index (χ1n) is 10.3. The smallest absolute Gasteiger partial charge is 0.267 e. The third-order valence-electron chi connectivity index (χ3n) is 5.71. The molecule has 0 saturated heterocycles. The maximum Gasteiger partial charge on any atom is 0.267 e. The van der Waals surface area contributed by atoms with E-state index in [2.05, 4.69) is 24.6 Å². The van der Waals surface area contributed by atoms with Crippen molar-refractivity contribution < 1.29 is 0 Å². The Labute approximate surface area is 187 Å². The topological polar surface area (TPSA) is 52.2 Å². The number of thioether (sulfide) groups is 1. The fourth-order valence-electron chi connectivity index (χ4n) is 4.00. The summed E-state index contributed by atoms with van der Waals surface area (Å²) in [6.07, 6.45) is 6.40. The number of nitrogens with zero attached hydrogens (tertiary/aromatic N) is 4. The average molecular weight is 445 g/mol. The minimum absolute atomic E-state index is 0.0349. The van der Waals surface area contributed by atoms with Crippen molar-refractivity contribution in [3.05, 3.63) is 87.4 Å². The van der Waals surface area contributed by atoms with Crippen molar-refractivity contribution in [1.82, 2.24) is 18.9 Å². The molecule has 0 aliphatic heterocycles. The molecule has 1 fully saturated rings. The molecule has 4 aromatic heterocycles. The van der Waals surface area contributed by atoms with E-state index < -0.39 is 0 Å². The Balaban J connectivity index is 1.45. The van der Waals surface area contributed by atoms with E-state index in [-0.39, 0.29) is 5.56 Å². The number of para-hydroxylation sites is 1. The van der Waals surface area contributed by atoms with Crippen LogP contribution < -0.4 is 5.56 Å². The number of aromatic nitrogens is 4. The molecule has 1 aliphatic carbocycles. The molecule has 1 saturated carbocycles. The molecule has 0 N–H and O–H groups in total. The Morgan fingerprint density at radius 3 is 2.74 bits per heavy atom. The summed E-state index contributed by atoms with van der Waals surface area (Å²) in [5, 5.41) is 3.64. The lowest BCUT2D eigenvalue weighted by molar-refractivity contribution is 0.820. The van der Waals surface area contributed by atoms with E-state index in [1.54, 1.807) is 27.7 Å². The number of imidazole rings is 1. The number of fused-ring (bicyclic) bond motifs is 2. The Morgan fingerprint density at radius 1 is 1.13 bits per heavy atom. The molecule has 0 spiro atoms. The van der Waals surface area contributed by atoms with E-state index in [1.807, 2.05) is 47.0 Å². The summed E-state index contributed by atoms with van der Waals surface area (Å²) in [6.45, 7) is 2.07.